The van der Waals surface area contributed by atoms with Crippen molar-refractivity contribution in [2.45, 2.75) is 0 Å². The third-order valence-corrected chi connectivity index (χ3v) is 3.87. The van der Waals surface area contributed by atoms with Gasteiger partial charge < -0.3 is 0 Å². The Morgan fingerprint density at radius 2 is 1.56 bits per heavy atom. The Morgan fingerprint density at radius 1 is 0.812 bits per heavy atom. The van der Waals surface area contributed by atoms with Gasteiger partial charge in [-0.3, -0.25) is 9.97 Å². The summed E-state index contributed by atoms with van der Waals surface area (Å²) in [6.07, 6.45) is 3.43. The molecule has 0 N–H and O–H groups in total. The van der Waals surface area contributed by atoms with E-state index in [0.717, 1.165) is 30.8 Å². The molecule has 3 rings (SSSR count). The van der Waals surface area contributed by atoms with Gasteiger partial charge in [0.25, 0.3) is 0 Å². The lowest BCUT2D eigenvalue weighted by atomic mass is 10.1. The van der Waals surface area contributed by atoms with E-state index in [1.54, 1.807) is 12.4 Å². The van der Waals surface area contributed by atoms with Crippen LogP contribution in [0.4, 0.5) is 0 Å². The molecule has 16 heavy (non-hydrogen) atoms. The fourth-order valence-corrected chi connectivity index (χ4v) is 2.79. The van der Waals surface area contributed by atoms with Gasteiger partial charge in [-0.15, -0.1) is 0 Å². The number of aromatic nitrogens is 2. The molecule has 3 aromatic rings. The van der Waals surface area contributed by atoms with E-state index >= 15 is 0 Å². The van der Waals surface area contributed by atoms with Gasteiger partial charge >= 0.3 is 0 Å². The number of halogens is 2. The molecule has 0 bridgehead atoms. The largest absolute Gasteiger partial charge is 0.253 e. The lowest BCUT2D eigenvalue weighted by Gasteiger charge is -2.05. The minimum absolute atomic E-state index is 0.911. The zero-order valence-electron chi connectivity index (χ0n) is 8.11. The molecule has 0 aliphatic rings. The lowest BCUT2D eigenvalue weighted by Crippen LogP contribution is -1.85. The minimum Gasteiger partial charge on any atom is -0.253 e. The molecule has 0 saturated carbocycles. The van der Waals surface area contributed by atoms with E-state index in [-0.39, 0.29) is 0 Å². The summed E-state index contributed by atoms with van der Waals surface area (Å²) >= 11 is 7.11. The summed E-state index contributed by atoms with van der Waals surface area (Å²) in [5, 5.41) is 2.24. The van der Waals surface area contributed by atoms with E-state index in [1.807, 2.05) is 18.2 Å². The molecule has 1 heterocycles. The summed E-state index contributed by atoms with van der Waals surface area (Å²) in [6.45, 7) is 0. The van der Waals surface area contributed by atoms with Crippen molar-refractivity contribution < 1.29 is 0 Å². The van der Waals surface area contributed by atoms with Crippen LogP contribution in [0.5, 0.6) is 0 Å². The van der Waals surface area contributed by atoms with E-state index in [2.05, 4.69) is 47.9 Å². The summed E-state index contributed by atoms with van der Waals surface area (Å²) in [6, 6.07) is 8.08. The number of fused-ring (bicyclic) bond motifs is 3. The SMILES string of the molecule is Brc1ccc(Br)c2c1ccc1nccnc12. The van der Waals surface area contributed by atoms with Gasteiger partial charge in [0.05, 0.1) is 11.0 Å². The van der Waals surface area contributed by atoms with Crippen molar-refractivity contribution in [3.63, 3.8) is 0 Å². The van der Waals surface area contributed by atoms with Crippen LogP contribution in [-0.2, 0) is 0 Å². The molecule has 0 radical (unpaired) electrons. The Hall–Kier alpha value is -1.00. The second-order valence-corrected chi connectivity index (χ2v) is 5.15. The molecule has 0 fully saturated rings. The molecule has 1 aromatic heterocycles. The van der Waals surface area contributed by atoms with Gasteiger partial charge in [-0.05, 0) is 23.6 Å². The predicted octanol–water partition coefficient (Wildman–Crippen LogP) is 4.31. The predicted molar refractivity (Wildman–Crippen MR) is 72.4 cm³/mol. The average Bonchev–Trinajstić information content (AvgIpc) is 2.33. The molecular formula is C12H6Br2N2. The molecule has 2 nitrogen and oxygen atoms in total. The Balaban J connectivity index is 2.64. The molecule has 0 aliphatic heterocycles. The first-order chi connectivity index (χ1) is 7.77. The summed E-state index contributed by atoms with van der Waals surface area (Å²) in [4.78, 5) is 8.70. The van der Waals surface area contributed by atoms with Gasteiger partial charge in [-0.1, -0.05) is 37.9 Å². The van der Waals surface area contributed by atoms with Crippen LogP contribution in [0.1, 0.15) is 0 Å². The molecule has 2 aromatic carbocycles. The molecule has 0 saturated heterocycles. The molecule has 78 valence electrons. The van der Waals surface area contributed by atoms with Crippen molar-refractivity contribution in [1.29, 1.82) is 0 Å². The fourth-order valence-electron chi connectivity index (χ4n) is 1.80. The van der Waals surface area contributed by atoms with Crippen LogP contribution in [0, 0.1) is 0 Å². The van der Waals surface area contributed by atoms with Gasteiger partial charge in [0, 0.05) is 26.7 Å². The van der Waals surface area contributed by atoms with Crippen LogP contribution in [0.2, 0.25) is 0 Å². The van der Waals surface area contributed by atoms with E-state index in [0.29, 0.717) is 0 Å². The maximum absolute atomic E-state index is 4.40. The Bertz CT molecular complexity index is 695. The highest BCUT2D eigenvalue weighted by Gasteiger charge is 2.07. The highest BCUT2D eigenvalue weighted by Crippen LogP contribution is 2.33. The van der Waals surface area contributed by atoms with Crippen molar-refractivity contribution in [1.82, 2.24) is 9.97 Å². The van der Waals surface area contributed by atoms with Crippen molar-refractivity contribution in [3.05, 3.63) is 45.6 Å². The summed E-state index contributed by atoms with van der Waals surface area (Å²) in [5.74, 6) is 0. The van der Waals surface area contributed by atoms with Gasteiger partial charge in [0.1, 0.15) is 0 Å². The molecule has 4 heteroatoms. The number of benzene rings is 2. The van der Waals surface area contributed by atoms with E-state index in [1.165, 1.54) is 0 Å². The summed E-state index contributed by atoms with van der Waals surface area (Å²) in [5.41, 5.74) is 1.84. The van der Waals surface area contributed by atoms with Crippen LogP contribution in [-0.4, -0.2) is 9.97 Å². The lowest BCUT2D eigenvalue weighted by molar-refractivity contribution is 1.30. The maximum Gasteiger partial charge on any atom is 0.0976 e. The first-order valence-electron chi connectivity index (χ1n) is 4.75. The zero-order chi connectivity index (χ0) is 11.1. The van der Waals surface area contributed by atoms with Crippen LogP contribution >= 0.6 is 31.9 Å². The summed E-state index contributed by atoms with van der Waals surface area (Å²) in [7, 11) is 0. The Morgan fingerprint density at radius 3 is 2.44 bits per heavy atom. The topological polar surface area (TPSA) is 25.8 Å². The van der Waals surface area contributed by atoms with E-state index in [9.17, 15) is 0 Å². The minimum atomic E-state index is 0.911. The van der Waals surface area contributed by atoms with Crippen molar-refractivity contribution in [2.24, 2.45) is 0 Å². The standard InChI is InChI=1S/C12H6Br2N2/c13-8-2-3-9(14)11-7(8)1-4-10-12(11)16-6-5-15-10/h1-6H. The first-order valence-corrected chi connectivity index (χ1v) is 6.33. The van der Waals surface area contributed by atoms with Gasteiger partial charge in [-0.2, -0.15) is 0 Å². The quantitative estimate of drug-likeness (QED) is 0.571. The molecule has 0 aliphatic carbocycles. The van der Waals surface area contributed by atoms with Gasteiger partial charge in [0.15, 0.2) is 0 Å². The maximum atomic E-state index is 4.40. The van der Waals surface area contributed by atoms with Crippen LogP contribution < -0.4 is 0 Å². The monoisotopic (exact) mass is 336 g/mol. The second-order valence-electron chi connectivity index (χ2n) is 3.44. The molecular weight excluding hydrogens is 332 g/mol. The van der Waals surface area contributed by atoms with E-state index < -0.39 is 0 Å². The molecule has 0 amide bonds. The first kappa shape index (κ1) is 10.2. The van der Waals surface area contributed by atoms with Gasteiger partial charge in [-0.25, -0.2) is 0 Å². The zero-order valence-corrected chi connectivity index (χ0v) is 11.3. The number of rotatable bonds is 0. The molecule has 0 unspecified atom stereocenters. The average molecular weight is 338 g/mol. The van der Waals surface area contributed by atoms with Crippen molar-refractivity contribution in [3.8, 4) is 0 Å². The smallest absolute Gasteiger partial charge is 0.0976 e. The highest BCUT2D eigenvalue weighted by atomic mass is 79.9. The number of hydrogen-bond acceptors (Lipinski definition) is 2. The Labute approximate surface area is 109 Å². The number of hydrogen-bond donors (Lipinski definition) is 0. The number of nitrogens with zero attached hydrogens (tertiary/aromatic N) is 2. The van der Waals surface area contributed by atoms with Crippen molar-refractivity contribution in [2.75, 3.05) is 0 Å². The third kappa shape index (κ3) is 1.44. The fraction of sp³-hybridized carbons (Fsp3) is 0. The molecule has 0 atom stereocenters. The van der Waals surface area contributed by atoms with Crippen LogP contribution in [0.3, 0.4) is 0 Å². The second kappa shape index (κ2) is 3.79. The van der Waals surface area contributed by atoms with Gasteiger partial charge in [0.2, 0.25) is 0 Å². The highest BCUT2D eigenvalue weighted by molar-refractivity contribution is 9.11. The molecule has 0 spiro atoms. The Kier molecular flexibility index (Phi) is 2.41. The summed E-state index contributed by atoms with van der Waals surface area (Å²) < 4.78 is 2.11. The van der Waals surface area contributed by atoms with Crippen LogP contribution in [0.15, 0.2) is 45.6 Å². The van der Waals surface area contributed by atoms with Crippen molar-refractivity contribution >= 4 is 53.7 Å². The van der Waals surface area contributed by atoms with Crippen LogP contribution in [0.25, 0.3) is 21.8 Å². The third-order valence-electron chi connectivity index (χ3n) is 2.51. The van der Waals surface area contributed by atoms with E-state index in [4.69, 9.17) is 0 Å². The normalized spacial score (nSPS) is 11.1.